The van der Waals surface area contributed by atoms with Crippen LogP contribution >= 0.6 is 11.6 Å². The molecule has 4 heteroatoms. The van der Waals surface area contributed by atoms with Gasteiger partial charge in [-0.15, -0.1) is 11.6 Å². The summed E-state index contributed by atoms with van der Waals surface area (Å²) in [5, 5.41) is 2.76. The fourth-order valence-electron chi connectivity index (χ4n) is 1.96. The molecule has 0 saturated carbocycles. The SMILES string of the molecule is CC(Cl)c1ccccc1NC(=O)C1CCCO1. The molecule has 1 aromatic rings. The zero-order valence-electron chi connectivity index (χ0n) is 9.78. The molecular weight excluding hydrogens is 238 g/mol. The Kier molecular flexibility index (Phi) is 4.02. The van der Waals surface area contributed by atoms with Crippen molar-refractivity contribution >= 4 is 23.2 Å². The van der Waals surface area contributed by atoms with E-state index in [-0.39, 0.29) is 17.4 Å². The first-order valence-corrected chi connectivity index (χ1v) is 6.27. The number of halogens is 1. The summed E-state index contributed by atoms with van der Waals surface area (Å²) in [6.45, 7) is 2.56. The predicted molar refractivity (Wildman–Crippen MR) is 68.3 cm³/mol. The number of benzene rings is 1. The molecule has 3 nitrogen and oxygen atoms in total. The average Bonchev–Trinajstić information content (AvgIpc) is 2.83. The molecule has 0 spiro atoms. The number of amides is 1. The van der Waals surface area contributed by atoms with Crippen LogP contribution in [0.25, 0.3) is 0 Å². The molecule has 1 N–H and O–H groups in total. The van der Waals surface area contributed by atoms with Crippen molar-refractivity contribution in [3.05, 3.63) is 29.8 Å². The Morgan fingerprint density at radius 3 is 2.94 bits per heavy atom. The van der Waals surface area contributed by atoms with E-state index in [1.165, 1.54) is 0 Å². The monoisotopic (exact) mass is 253 g/mol. The number of ether oxygens (including phenoxy) is 1. The van der Waals surface area contributed by atoms with E-state index < -0.39 is 0 Å². The van der Waals surface area contributed by atoms with Gasteiger partial charge in [0.15, 0.2) is 0 Å². The largest absolute Gasteiger partial charge is 0.368 e. The van der Waals surface area contributed by atoms with Gasteiger partial charge in [0.25, 0.3) is 5.91 Å². The molecule has 1 aliphatic rings. The molecule has 1 fully saturated rings. The molecule has 1 saturated heterocycles. The van der Waals surface area contributed by atoms with E-state index in [2.05, 4.69) is 5.32 Å². The summed E-state index contributed by atoms with van der Waals surface area (Å²) in [7, 11) is 0. The number of para-hydroxylation sites is 1. The Labute approximate surface area is 106 Å². The second-order valence-corrected chi connectivity index (χ2v) is 4.85. The third-order valence-electron chi connectivity index (χ3n) is 2.87. The summed E-state index contributed by atoms with van der Waals surface area (Å²) in [6, 6.07) is 7.58. The third kappa shape index (κ3) is 2.99. The van der Waals surface area contributed by atoms with Gasteiger partial charge in [0.05, 0.1) is 5.38 Å². The number of alkyl halides is 1. The Morgan fingerprint density at radius 1 is 1.53 bits per heavy atom. The Morgan fingerprint density at radius 2 is 2.29 bits per heavy atom. The average molecular weight is 254 g/mol. The fraction of sp³-hybridized carbons (Fsp3) is 0.462. The lowest BCUT2D eigenvalue weighted by molar-refractivity contribution is -0.124. The molecule has 0 bridgehead atoms. The summed E-state index contributed by atoms with van der Waals surface area (Å²) in [4.78, 5) is 11.9. The summed E-state index contributed by atoms with van der Waals surface area (Å²) in [5.74, 6) is -0.0766. The van der Waals surface area contributed by atoms with Gasteiger partial charge in [-0.1, -0.05) is 18.2 Å². The maximum Gasteiger partial charge on any atom is 0.253 e. The van der Waals surface area contributed by atoms with Crippen LogP contribution in [-0.2, 0) is 9.53 Å². The highest BCUT2D eigenvalue weighted by molar-refractivity contribution is 6.21. The highest BCUT2D eigenvalue weighted by atomic mass is 35.5. The van der Waals surface area contributed by atoms with Gasteiger partial charge in [-0.2, -0.15) is 0 Å². The van der Waals surface area contributed by atoms with E-state index in [0.717, 1.165) is 24.1 Å². The van der Waals surface area contributed by atoms with Gasteiger partial charge in [-0.3, -0.25) is 4.79 Å². The highest BCUT2D eigenvalue weighted by Crippen LogP contribution is 2.27. The highest BCUT2D eigenvalue weighted by Gasteiger charge is 2.24. The first-order chi connectivity index (χ1) is 8.18. The topological polar surface area (TPSA) is 38.3 Å². The summed E-state index contributed by atoms with van der Waals surface area (Å²) in [5.41, 5.74) is 1.70. The van der Waals surface area contributed by atoms with E-state index >= 15 is 0 Å². The van der Waals surface area contributed by atoms with Crippen LogP contribution < -0.4 is 5.32 Å². The van der Waals surface area contributed by atoms with Crippen molar-refractivity contribution in [2.24, 2.45) is 0 Å². The third-order valence-corrected chi connectivity index (χ3v) is 3.10. The molecule has 1 heterocycles. The lowest BCUT2D eigenvalue weighted by atomic mass is 10.1. The van der Waals surface area contributed by atoms with Crippen LogP contribution in [0.4, 0.5) is 5.69 Å². The van der Waals surface area contributed by atoms with Crippen molar-refractivity contribution in [3.8, 4) is 0 Å². The standard InChI is InChI=1S/C13H16ClNO2/c1-9(14)10-5-2-3-6-11(10)15-13(16)12-7-4-8-17-12/h2-3,5-6,9,12H,4,7-8H2,1H3,(H,15,16). The molecule has 0 aromatic heterocycles. The minimum Gasteiger partial charge on any atom is -0.368 e. The van der Waals surface area contributed by atoms with Crippen LogP contribution in [0.2, 0.25) is 0 Å². The molecule has 2 rings (SSSR count). The Bertz CT molecular complexity index is 400. The second-order valence-electron chi connectivity index (χ2n) is 4.19. The van der Waals surface area contributed by atoms with E-state index in [9.17, 15) is 4.79 Å². The van der Waals surface area contributed by atoms with Gasteiger partial charge < -0.3 is 10.1 Å². The van der Waals surface area contributed by atoms with Crippen LogP contribution in [-0.4, -0.2) is 18.6 Å². The second kappa shape index (κ2) is 5.52. The lowest BCUT2D eigenvalue weighted by Gasteiger charge is -2.14. The van der Waals surface area contributed by atoms with Crippen molar-refractivity contribution in [1.29, 1.82) is 0 Å². The van der Waals surface area contributed by atoms with E-state index in [4.69, 9.17) is 16.3 Å². The van der Waals surface area contributed by atoms with E-state index in [0.29, 0.717) is 6.61 Å². The van der Waals surface area contributed by atoms with Gasteiger partial charge in [-0.05, 0) is 31.4 Å². The molecule has 92 valence electrons. The molecule has 1 aliphatic heterocycles. The minimum absolute atomic E-state index is 0.0766. The van der Waals surface area contributed by atoms with Crippen molar-refractivity contribution < 1.29 is 9.53 Å². The van der Waals surface area contributed by atoms with Crippen LogP contribution in [0.1, 0.15) is 30.7 Å². The quantitative estimate of drug-likeness (QED) is 0.841. The molecule has 1 amide bonds. The van der Waals surface area contributed by atoms with Crippen LogP contribution in [0, 0.1) is 0 Å². The maximum atomic E-state index is 11.9. The fourth-order valence-corrected chi connectivity index (χ4v) is 2.15. The summed E-state index contributed by atoms with van der Waals surface area (Å²) in [6.07, 6.45) is 1.43. The Hall–Kier alpha value is -1.06. The first kappa shape index (κ1) is 12.4. The van der Waals surface area contributed by atoms with Gasteiger partial charge >= 0.3 is 0 Å². The zero-order valence-corrected chi connectivity index (χ0v) is 10.5. The van der Waals surface area contributed by atoms with E-state index in [1.807, 2.05) is 31.2 Å². The van der Waals surface area contributed by atoms with Crippen molar-refractivity contribution in [1.82, 2.24) is 0 Å². The zero-order chi connectivity index (χ0) is 12.3. The van der Waals surface area contributed by atoms with Crippen LogP contribution in [0.15, 0.2) is 24.3 Å². The summed E-state index contributed by atoms with van der Waals surface area (Å²) >= 11 is 6.07. The van der Waals surface area contributed by atoms with Crippen LogP contribution in [0.3, 0.4) is 0 Å². The normalized spacial score (nSPS) is 21.2. The molecule has 0 radical (unpaired) electrons. The lowest BCUT2D eigenvalue weighted by Crippen LogP contribution is -2.27. The maximum absolute atomic E-state index is 11.9. The molecule has 17 heavy (non-hydrogen) atoms. The molecular formula is C13H16ClNO2. The number of anilines is 1. The predicted octanol–water partition coefficient (Wildman–Crippen LogP) is 3.10. The summed E-state index contributed by atoms with van der Waals surface area (Å²) < 4.78 is 5.34. The Balaban J connectivity index is 2.09. The minimum atomic E-state index is -0.311. The van der Waals surface area contributed by atoms with Crippen molar-refractivity contribution in [2.75, 3.05) is 11.9 Å². The first-order valence-electron chi connectivity index (χ1n) is 5.84. The molecule has 2 unspecified atom stereocenters. The molecule has 2 atom stereocenters. The van der Waals surface area contributed by atoms with Gasteiger partial charge in [0, 0.05) is 12.3 Å². The van der Waals surface area contributed by atoms with Gasteiger partial charge in [-0.25, -0.2) is 0 Å². The number of carbonyl (C=O) groups is 1. The molecule has 1 aromatic carbocycles. The number of carbonyl (C=O) groups excluding carboxylic acids is 1. The number of nitrogens with one attached hydrogen (secondary N) is 1. The van der Waals surface area contributed by atoms with Gasteiger partial charge in [0.1, 0.15) is 6.10 Å². The number of rotatable bonds is 3. The van der Waals surface area contributed by atoms with Crippen molar-refractivity contribution in [3.63, 3.8) is 0 Å². The van der Waals surface area contributed by atoms with Crippen LogP contribution in [0.5, 0.6) is 0 Å². The smallest absolute Gasteiger partial charge is 0.253 e. The molecule has 0 aliphatic carbocycles. The van der Waals surface area contributed by atoms with Crippen molar-refractivity contribution in [2.45, 2.75) is 31.2 Å². The van der Waals surface area contributed by atoms with E-state index in [1.54, 1.807) is 0 Å². The van der Waals surface area contributed by atoms with Gasteiger partial charge in [0.2, 0.25) is 0 Å². The number of hydrogen-bond donors (Lipinski definition) is 1. The number of hydrogen-bond acceptors (Lipinski definition) is 2.